The Morgan fingerprint density at radius 3 is 2.63 bits per heavy atom. The van der Waals surface area contributed by atoms with Crippen molar-refractivity contribution < 1.29 is 0 Å². The fourth-order valence-electron chi connectivity index (χ4n) is 3.48. The van der Waals surface area contributed by atoms with Gasteiger partial charge in [0.2, 0.25) is 5.95 Å². The molecule has 3 rings (SSSR count). The van der Waals surface area contributed by atoms with Crippen molar-refractivity contribution in [3.05, 3.63) is 12.4 Å². The van der Waals surface area contributed by atoms with Gasteiger partial charge in [0.15, 0.2) is 0 Å². The Labute approximate surface area is 116 Å². The average Bonchev–Trinajstić information content (AvgIpc) is 2.96. The number of nitrogens with zero attached hydrogens (tertiary/aromatic N) is 3. The van der Waals surface area contributed by atoms with Crippen LogP contribution >= 0.6 is 0 Å². The highest BCUT2D eigenvalue weighted by molar-refractivity contribution is 5.28. The van der Waals surface area contributed by atoms with Gasteiger partial charge in [-0.3, -0.25) is 0 Å². The zero-order chi connectivity index (χ0) is 13.3. The first-order valence-electron chi connectivity index (χ1n) is 7.65. The zero-order valence-corrected chi connectivity index (χ0v) is 12.2. The summed E-state index contributed by atoms with van der Waals surface area (Å²) >= 11 is 0. The molecule has 4 heteroatoms. The van der Waals surface area contributed by atoms with Gasteiger partial charge in [-0.05, 0) is 46.2 Å². The van der Waals surface area contributed by atoms with Gasteiger partial charge in [-0.15, -0.1) is 0 Å². The number of imidazole rings is 1. The van der Waals surface area contributed by atoms with Gasteiger partial charge in [-0.2, -0.15) is 0 Å². The van der Waals surface area contributed by atoms with Gasteiger partial charge in [0.25, 0.3) is 0 Å². The van der Waals surface area contributed by atoms with Crippen LogP contribution in [0.5, 0.6) is 0 Å². The summed E-state index contributed by atoms with van der Waals surface area (Å²) in [5.74, 6) is 1.07. The van der Waals surface area contributed by atoms with Gasteiger partial charge < -0.3 is 14.8 Å². The first-order valence-corrected chi connectivity index (χ1v) is 7.65. The molecule has 19 heavy (non-hydrogen) atoms. The Morgan fingerprint density at radius 1 is 1.32 bits per heavy atom. The number of hydrogen-bond donors (Lipinski definition) is 1. The number of aromatic nitrogens is 2. The van der Waals surface area contributed by atoms with Crippen LogP contribution in [0.4, 0.5) is 5.95 Å². The minimum absolute atomic E-state index is 0.354. The molecular weight excluding hydrogens is 236 g/mol. The number of anilines is 1. The molecular formula is C15H26N4. The van der Waals surface area contributed by atoms with Crippen molar-refractivity contribution in [1.82, 2.24) is 14.5 Å². The zero-order valence-electron chi connectivity index (χ0n) is 12.2. The Hall–Kier alpha value is -1.03. The Kier molecular flexibility index (Phi) is 3.52. The second-order valence-corrected chi connectivity index (χ2v) is 6.48. The van der Waals surface area contributed by atoms with Gasteiger partial charge >= 0.3 is 0 Å². The van der Waals surface area contributed by atoms with Crippen LogP contribution in [0.25, 0.3) is 0 Å². The lowest BCUT2D eigenvalue weighted by Crippen LogP contribution is -2.53. The molecule has 2 aliphatic rings. The predicted molar refractivity (Wildman–Crippen MR) is 78.4 cm³/mol. The van der Waals surface area contributed by atoms with Gasteiger partial charge in [-0.25, -0.2) is 4.98 Å². The minimum atomic E-state index is 0.354. The van der Waals surface area contributed by atoms with Crippen LogP contribution in [-0.2, 0) is 6.54 Å². The molecule has 0 atom stereocenters. The minimum Gasteiger partial charge on any atom is -0.353 e. The monoisotopic (exact) mass is 262 g/mol. The van der Waals surface area contributed by atoms with E-state index >= 15 is 0 Å². The van der Waals surface area contributed by atoms with E-state index in [4.69, 9.17) is 0 Å². The molecule has 1 aromatic heterocycles. The lowest BCUT2D eigenvalue weighted by Gasteiger charge is -2.47. The van der Waals surface area contributed by atoms with Crippen molar-refractivity contribution in [2.24, 2.45) is 0 Å². The van der Waals surface area contributed by atoms with Crippen LogP contribution in [0.2, 0.25) is 0 Å². The molecule has 0 spiro atoms. The van der Waals surface area contributed by atoms with E-state index in [2.05, 4.69) is 40.1 Å². The lowest BCUT2D eigenvalue weighted by atomic mass is 9.75. The van der Waals surface area contributed by atoms with Crippen molar-refractivity contribution in [3.8, 4) is 0 Å². The number of rotatable bonds is 5. The quantitative estimate of drug-likeness (QED) is 0.885. The summed E-state index contributed by atoms with van der Waals surface area (Å²) in [7, 11) is 4.42. The van der Waals surface area contributed by atoms with Crippen LogP contribution in [0.15, 0.2) is 12.4 Å². The Balaban J connectivity index is 1.69. The SMILES string of the molecule is CN(C)C1(Cn2ccnc2NC2CCCC2)CCC1. The fraction of sp³-hybridized carbons (Fsp3) is 0.800. The van der Waals surface area contributed by atoms with Gasteiger partial charge in [0.1, 0.15) is 0 Å². The molecule has 106 valence electrons. The van der Waals surface area contributed by atoms with E-state index in [0.29, 0.717) is 11.6 Å². The fourth-order valence-corrected chi connectivity index (χ4v) is 3.48. The van der Waals surface area contributed by atoms with Crippen molar-refractivity contribution in [2.75, 3.05) is 19.4 Å². The summed E-state index contributed by atoms with van der Waals surface area (Å²) in [6.07, 6.45) is 13.3. The van der Waals surface area contributed by atoms with E-state index in [1.54, 1.807) is 0 Å². The molecule has 0 aliphatic heterocycles. The largest absolute Gasteiger partial charge is 0.353 e. The summed E-state index contributed by atoms with van der Waals surface area (Å²) < 4.78 is 2.32. The molecule has 0 bridgehead atoms. The molecule has 0 radical (unpaired) electrons. The van der Waals surface area contributed by atoms with Crippen LogP contribution in [0.1, 0.15) is 44.9 Å². The van der Waals surface area contributed by atoms with Gasteiger partial charge in [0.05, 0.1) is 0 Å². The summed E-state index contributed by atoms with van der Waals surface area (Å²) in [4.78, 5) is 6.91. The van der Waals surface area contributed by atoms with Crippen molar-refractivity contribution in [3.63, 3.8) is 0 Å². The second kappa shape index (κ2) is 5.16. The molecule has 1 heterocycles. The first kappa shape index (κ1) is 13.0. The second-order valence-electron chi connectivity index (χ2n) is 6.48. The van der Waals surface area contributed by atoms with E-state index in [1.807, 2.05) is 6.20 Å². The number of hydrogen-bond acceptors (Lipinski definition) is 3. The summed E-state index contributed by atoms with van der Waals surface area (Å²) in [6, 6.07) is 0.637. The van der Waals surface area contributed by atoms with E-state index in [1.165, 1.54) is 44.9 Å². The van der Waals surface area contributed by atoms with Crippen LogP contribution in [-0.4, -0.2) is 40.1 Å². The molecule has 4 nitrogen and oxygen atoms in total. The third-order valence-electron chi connectivity index (χ3n) is 5.10. The molecule has 1 aromatic rings. The topological polar surface area (TPSA) is 33.1 Å². The van der Waals surface area contributed by atoms with Crippen LogP contribution in [0, 0.1) is 0 Å². The molecule has 2 fully saturated rings. The number of likely N-dealkylation sites (N-methyl/N-ethyl adjacent to an activating group) is 1. The smallest absolute Gasteiger partial charge is 0.203 e. The molecule has 1 N–H and O–H groups in total. The summed E-state index contributed by atoms with van der Waals surface area (Å²) in [6.45, 7) is 1.06. The Morgan fingerprint density at radius 2 is 2.05 bits per heavy atom. The molecule has 0 saturated heterocycles. The lowest BCUT2D eigenvalue weighted by molar-refractivity contribution is 0.0429. The van der Waals surface area contributed by atoms with E-state index in [-0.39, 0.29) is 0 Å². The molecule has 2 saturated carbocycles. The van der Waals surface area contributed by atoms with E-state index in [0.717, 1.165) is 12.5 Å². The highest BCUT2D eigenvalue weighted by atomic mass is 15.3. The molecule has 0 aromatic carbocycles. The van der Waals surface area contributed by atoms with Crippen molar-refractivity contribution >= 4 is 5.95 Å². The van der Waals surface area contributed by atoms with Crippen molar-refractivity contribution in [1.29, 1.82) is 0 Å². The summed E-state index contributed by atoms with van der Waals surface area (Å²) in [5.41, 5.74) is 0.354. The van der Waals surface area contributed by atoms with E-state index in [9.17, 15) is 0 Å². The summed E-state index contributed by atoms with van der Waals surface area (Å²) in [5, 5.41) is 3.63. The molecule has 2 aliphatic carbocycles. The normalized spacial score (nSPS) is 22.7. The standard InChI is InChI=1S/C15H26N4/c1-18(2)15(8-5-9-15)12-19-11-10-16-14(19)17-13-6-3-4-7-13/h10-11,13H,3-9,12H2,1-2H3,(H,16,17). The highest BCUT2D eigenvalue weighted by Gasteiger charge is 2.39. The maximum Gasteiger partial charge on any atom is 0.203 e. The maximum atomic E-state index is 4.51. The molecule has 0 unspecified atom stereocenters. The van der Waals surface area contributed by atoms with Crippen LogP contribution in [0.3, 0.4) is 0 Å². The number of nitrogens with one attached hydrogen (secondary N) is 1. The Bertz CT molecular complexity index is 414. The van der Waals surface area contributed by atoms with Crippen LogP contribution < -0.4 is 5.32 Å². The first-order chi connectivity index (χ1) is 9.20. The third-order valence-corrected chi connectivity index (χ3v) is 5.10. The molecule has 0 amide bonds. The van der Waals surface area contributed by atoms with E-state index < -0.39 is 0 Å². The van der Waals surface area contributed by atoms with Gasteiger partial charge in [0, 0.05) is 30.5 Å². The predicted octanol–water partition coefficient (Wildman–Crippen LogP) is 2.72. The highest BCUT2D eigenvalue weighted by Crippen LogP contribution is 2.38. The van der Waals surface area contributed by atoms with Crippen molar-refractivity contribution in [2.45, 2.75) is 63.1 Å². The maximum absolute atomic E-state index is 4.51. The third kappa shape index (κ3) is 2.50. The average molecular weight is 262 g/mol. The van der Waals surface area contributed by atoms with Gasteiger partial charge in [-0.1, -0.05) is 12.8 Å².